The van der Waals surface area contributed by atoms with Gasteiger partial charge in [-0.05, 0) is 45.9 Å². The van der Waals surface area contributed by atoms with Crippen molar-refractivity contribution in [1.82, 2.24) is 5.32 Å². The topological polar surface area (TPSA) is 94.1 Å². The van der Waals surface area contributed by atoms with E-state index >= 15 is 0 Å². The smallest absolute Gasteiger partial charge is 0.333 e. The normalized spacial score (nSPS) is 12.0. The number of carbonyl (C=O) groups is 2. The highest BCUT2D eigenvalue weighted by atomic mass is 16.6. The van der Waals surface area contributed by atoms with E-state index in [9.17, 15) is 14.7 Å². The van der Waals surface area contributed by atoms with E-state index in [0.717, 1.165) is 0 Å². The van der Waals surface area contributed by atoms with Gasteiger partial charge in [0.05, 0.1) is 12.5 Å². The van der Waals surface area contributed by atoms with Gasteiger partial charge in [0.2, 0.25) is 0 Å². The van der Waals surface area contributed by atoms with Crippen LogP contribution in [0, 0.1) is 0 Å². The molecule has 0 saturated carbocycles. The molecule has 0 radical (unpaired) electrons. The summed E-state index contributed by atoms with van der Waals surface area (Å²) in [6.45, 7) is 10.6. The van der Waals surface area contributed by atoms with Gasteiger partial charge in [-0.3, -0.25) is 10.1 Å². The summed E-state index contributed by atoms with van der Waals surface area (Å²) in [6, 6.07) is 6.81. The van der Waals surface area contributed by atoms with Crippen LogP contribution in [0.5, 0.6) is 11.5 Å². The Hall–Kier alpha value is -2.90. The molecule has 2 N–H and O–H groups in total. The van der Waals surface area contributed by atoms with Crippen molar-refractivity contribution in [2.75, 3.05) is 20.3 Å². The fraction of sp³-hybridized carbons (Fsp3) is 0.391. The van der Waals surface area contributed by atoms with Gasteiger partial charge in [-0.25, -0.2) is 4.79 Å². The molecular formula is C23H29NO6. The summed E-state index contributed by atoms with van der Waals surface area (Å²) in [4.78, 5) is 23.8. The monoisotopic (exact) mass is 415 g/mol. The van der Waals surface area contributed by atoms with E-state index < -0.39 is 12.2 Å². The van der Waals surface area contributed by atoms with E-state index in [1.165, 1.54) is 14.0 Å². The van der Waals surface area contributed by atoms with Crippen LogP contribution < -0.4 is 14.8 Å². The number of ether oxygens (including phenoxy) is 3. The Morgan fingerprint density at radius 2 is 1.73 bits per heavy atom. The van der Waals surface area contributed by atoms with E-state index in [1.807, 2.05) is 13.8 Å². The van der Waals surface area contributed by atoms with E-state index in [0.29, 0.717) is 39.0 Å². The lowest BCUT2D eigenvalue weighted by Crippen LogP contribution is -2.28. The fourth-order valence-electron chi connectivity index (χ4n) is 3.09. The second-order valence-corrected chi connectivity index (χ2v) is 7.26. The predicted molar refractivity (Wildman–Crippen MR) is 115 cm³/mol. The van der Waals surface area contributed by atoms with Gasteiger partial charge in [-0.2, -0.15) is 0 Å². The Bertz CT molecular complexity index is 950. The lowest BCUT2D eigenvalue weighted by Gasteiger charge is -2.21. The van der Waals surface area contributed by atoms with Crippen molar-refractivity contribution in [3.05, 3.63) is 47.5 Å². The first-order chi connectivity index (χ1) is 14.2. The predicted octanol–water partition coefficient (Wildman–Crippen LogP) is 3.54. The second kappa shape index (κ2) is 10.2. The van der Waals surface area contributed by atoms with Gasteiger partial charge < -0.3 is 19.3 Å². The molecule has 0 aliphatic carbocycles. The third-order valence-corrected chi connectivity index (χ3v) is 4.42. The Morgan fingerprint density at radius 3 is 2.30 bits per heavy atom. The molecule has 7 nitrogen and oxygen atoms in total. The van der Waals surface area contributed by atoms with Gasteiger partial charge in [-0.15, -0.1) is 0 Å². The minimum atomic E-state index is -0.983. The number of Topliss-reactive ketones (excluding diaryl/α,β-unsaturated/α-hetero) is 1. The van der Waals surface area contributed by atoms with Crippen molar-refractivity contribution >= 4 is 22.5 Å². The summed E-state index contributed by atoms with van der Waals surface area (Å²) in [5, 5.41) is 14.9. The lowest BCUT2D eigenvalue weighted by molar-refractivity contribution is -0.139. The maximum Gasteiger partial charge on any atom is 0.333 e. The number of hydrogen-bond donors (Lipinski definition) is 2. The molecule has 7 heteroatoms. The first kappa shape index (κ1) is 23.4. The van der Waals surface area contributed by atoms with Gasteiger partial charge in [-0.1, -0.05) is 12.6 Å². The molecule has 2 aromatic rings. The quantitative estimate of drug-likeness (QED) is 0.201. The average molecular weight is 415 g/mol. The number of aliphatic hydroxyl groups is 1. The van der Waals surface area contributed by atoms with E-state index in [4.69, 9.17) is 14.2 Å². The third kappa shape index (κ3) is 5.37. The standard InChI is InChI=1S/C23H29NO6/c1-13(2)23(27)30-12-11-29-19-10-7-16(15(5)25)20-17(22(26)24-14(3)4)8-9-18(28-6)21(19)20/h7-10,14,22,24,26H,1,11-12H2,2-6H3. The molecule has 0 fully saturated rings. The van der Waals surface area contributed by atoms with Crippen LogP contribution >= 0.6 is 0 Å². The zero-order chi connectivity index (χ0) is 22.4. The molecule has 0 aromatic heterocycles. The highest BCUT2D eigenvalue weighted by Gasteiger charge is 2.22. The molecule has 0 saturated heterocycles. The van der Waals surface area contributed by atoms with Crippen molar-refractivity contribution in [3.63, 3.8) is 0 Å². The van der Waals surface area contributed by atoms with E-state index in [1.54, 1.807) is 31.2 Å². The molecule has 0 amide bonds. The molecule has 0 bridgehead atoms. The number of carbonyl (C=O) groups excluding carboxylic acids is 2. The van der Waals surface area contributed by atoms with Crippen LogP contribution in [-0.2, 0) is 9.53 Å². The summed E-state index contributed by atoms with van der Waals surface area (Å²) in [7, 11) is 1.52. The summed E-state index contributed by atoms with van der Waals surface area (Å²) in [5.41, 5.74) is 1.30. The summed E-state index contributed by atoms with van der Waals surface area (Å²) >= 11 is 0. The van der Waals surface area contributed by atoms with Crippen LogP contribution in [0.1, 0.15) is 49.8 Å². The summed E-state index contributed by atoms with van der Waals surface area (Å²) in [6.07, 6.45) is -0.983. The first-order valence-electron chi connectivity index (χ1n) is 9.71. The molecule has 162 valence electrons. The fourth-order valence-corrected chi connectivity index (χ4v) is 3.09. The Kier molecular flexibility index (Phi) is 7.97. The van der Waals surface area contributed by atoms with Crippen molar-refractivity contribution in [1.29, 1.82) is 0 Å². The largest absolute Gasteiger partial charge is 0.496 e. The SMILES string of the molecule is C=C(C)C(=O)OCCOc1ccc(C(C)=O)c2c(C(O)NC(C)C)ccc(OC)c12. The van der Waals surface area contributed by atoms with Crippen LogP contribution in [0.3, 0.4) is 0 Å². The maximum atomic E-state index is 12.3. The Labute approximate surface area is 176 Å². The molecule has 0 heterocycles. The molecule has 0 aliphatic rings. The van der Waals surface area contributed by atoms with Crippen LogP contribution in [0.25, 0.3) is 10.8 Å². The van der Waals surface area contributed by atoms with Crippen molar-refractivity contribution in [2.45, 2.75) is 40.0 Å². The molecule has 2 rings (SSSR count). The highest BCUT2D eigenvalue weighted by Crippen LogP contribution is 2.40. The molecular weight excluding hydrogens is 386 g/mol. The number of fused-ring (bicyclic) bond motifs is 1. The number of benzene rings is 2. The van der Waals surface area contributed by atoms with Crippen molar-refractivity contribution < 1.29 is 28.9 Å². The van der Waals surface area contributed by atoms with Crippen LogP contribution in [-0.4, -0.2) is 43.2 Å². The molecule has 1 atom stereocenters. The Balaban J connectivity index is 2.51. The highest BCUT2D eigenvalue weighted by molar-refractivity contribution is 6.11. The molecule has 2 aromatic carbocycles. The Morgan fingerprint density at radius 1 is 1.07 bits per heavy atom. The minimum absolute atomic E-state index is 0.0281. The molecule has 0 aliphatic heterocycles. The van der Waals surface area contributed by atoms with Gasteiger partial charge in [0.1, 0.15) is 30.9 Å². The lowest BCUT2D eigenvalue weighted by atomic mass is 9.94. The van der Waals surface area contributed by atoms with E-state index in [2.05, 4.69) is 11.9 Å². The van der Waals surface area contributed by atoms with Crippen LogP contribution in [0.4, 0.5) is 0 Å². The average Bonchev–Trinajstić information content (AvgIpc) is 2.68. The zero-order valence-electron chi connectivity index (χ0n) is 18.1. The first-order valence-corrected chi connectivity index (χ1v) is 9.71. The van der Waals surface area contributed by atoms with Gasteiger partial charge in [0, 0.05) is 28.1 Å². The summed E-state index contributed by atoms with van der Waals surface area (Å²) < 4.78 is 16.4. The van der Waals surface area contributed by atoms with Gasteiger partial charge in [0.25, 0.3) is 0 Å². The number of esters is 1. The second-order valence-electron chi connectivity index (χ2n) is 7.26. The number of hydrogen-bond acceptors (Lipinski definition) is 7. The minimum Gasteiger partial charge on any atom is -0.496 e. The van der Waals surface area contributed by atoms with Crippen LogP contribution in [0.2, 0.25) is 0 Å². The van der Waals surface area contributed by atoms with E-state index in [-0.39, 0.29) is 25.0 Å². The number of ketones is 1. The molecule has 30 heavy (non-hydrogen) atoms. The van der Waals surface area contributed by atoms with Gasteiger partial charge >= 0.3 is 5.97 Å². The van der Waals surface area contributed by atoms with Crippen molar-refractivity contribution in [2.24, 2.45) is 0 Å². The maximum absolute atomic E-state index is 12.3. The third-order valence-electron chi connectivity index (χ3n) is 4.42. The zero-order valence-corrected chi connectivity index (χ0v) is 18.1. The van der Waals surface area contributed by atoms with Crippen LogP contribution in [0.15, 0.2) is 36.4 Å². The molecule has 1 unspecified atom stereocenters. The summed E-state index contributed by atoms with van der Waals surface area (Å²) in [5.74, 6) is 0.325. The number of methoxy groups -OCH3 is 1. The van der Waals surface area contributed by atoms with Gasteiger partial charge in [0.15, 0.2) is 5.78 Å². The number of nitrogens with one attached hydrogen (secondary N) is 1. The van der Waals surface area contributed by atoms with Crippen molar-refractivity contribution in [3.8, 4) is 11.5 Å². The molecule has 0 spiro atoms. The number of rotatable bonds is 10. The number of aliphatic hydroxyl groups excluding tert-OH is 1.